The molecular weight excluding hydrogens is 276 g/mol. The minimum absolute atomic E-state index is 0.191. The molecule has 0 aliphatic heterocycles. The third kappa shape index (κ3) is 2.65. The van der Waals surface area contributed by atoms with Crippen LogP contribution >= 0.6 is 11.6 Å². The Morgan fingerprint density at radius 3 is 2.24 bits per heavy atom. The average molecular weight is 297 g/mol. The van der Waals surface area contributed by atoms with Crippen molar-refractivity contribution in [3.63, 3.8) is 0 Å². The lowest BCUT2D eigenvalue weighted by molar-refractivity contribution is 0.590. The van der Waals surface area contributed by atoms with Crippen LogP contribution in [0.3, 0.4) is 0 Å². The second-order valence-electron chi connectivity index (χ2n) is 6.98. The topological polar surface area (TPSA) is 0 Å². The van der Waals surface area contributed by atoms with Crippen LogP contribution in [-0.2, 0) is 11.8 Å². The number of fused-ring (bicyclic) bond motifs is 1. The van der Waals surface area contributed by atoms with Crippen LogP contribution in [-0.4, -0.2) is 0 Å². The van der Waals surface area contributed by atoms with Gasteiger partial charge in [0.15, 0.2) is 0 Å². The van der Waals surface area contributed by atoms with E-state index in [1.54, 1.807) is 0 Å². The normalized spacial score (nSPS) is 14.0. The molecule has 1 aliphatic carbocycles. The molecule has 0 nitrogen and oxygen atoms in total. The Hall–Kier alpha value is -1.53. The maximum absolute atomic E-state index is 6.35. The van der Waals surface area contributed by atoms with E-state index >= 15 is 0 Å². The van der Waals surface area contributed by atoms with Crippen molar-refractivity contribution in [2.75, 3.05) is 0 Å². The second-order valence-corrected chi connectivity index (χ2v) is 7.39. The Kier molecular flexibility index (Phi) is 3.45. The highest BCUT2D eigenvalue weighted by molar-refractivity contribution is 6.32. The molecule has 108 valence electrons. The molecule has 2 aromatic carbocycles. The average Bonchev–Trinajstić information content (AvgIpc) is 2.81. The van der Waals surface area contributed by atoms with Crippen LogP contribution in [0.2, 0.25) is 5.02 Å². The van der Waals surface area contributed by atoms with E-state index in [0.717, 1.165) is 11.4 Å². The van der Waals surface area contributed by atoms with Gasteiger partial charge in [-0.25, -0.2) is 0 Å². The SMILES string of the molecule is CC1=Cc2c(-c3ccc(C(C)(C)C)cc3)ccc(Cl)c2C1. The zero-order valence-electron chi connectivity index (χ0n) is 13.1. The van der Waals surface area contributed by atoms with Gasteiger partial charge in [-0.2, -0.15) is 0 Å². The Balaban J connectivity index is 2.08. The Labute approximate surface area is 132 Å². The molecule has 2 aromatic rings. The zero-order chi connectivity index (χ0) is 15.2. The maximum atomic E-state index is 6.35. The summed E-state index contributed by atoms with van der Waals surface area (Å²) in [4.78, 5) is 0. The van der Waals surface area contributed by atoms with Crippen molar-refractivity contribution in [1.29, 1.82) is 0 Å². The number of benzene rings is 2. The largest absolute Gasteiger partial charge is 0.0840 e. The van der Waals surface area contributed by atoms with Crippen molar-refractivity contribution in [3.05, 3.63) is 63.7 Å². The molecule has 0 aromatic heterocycles. The maximum Gasteiger partial charge on any atom is 0.0447 e. The number of hydrogen-bond acceptors (Lipinski definition) is 0. The van der Waals surface area contributed by atoms with Crippen LogP contribution in [0.15, 0.2) is 42.0 Å². The Morgan fingerprint density at radius 2 is 1.62 bits per heavy atom. The van der Waals surface area contributed by atoms with Gasteiger partial charge in [0.25, 0.3) is 0 Å². The van der Waals surface area contributed by atoms with Crippen LogP contribution in [0.1, 0.15) is 44.4 Å². The molecule has 0 atom stereocenters. The van der Waals surface area contributed by atoms with Gasteiger partial charge >= 0.3 is 0 Å². The van der Waals surface area contributed by atoms with Gasteiger partial charge in [-0.05, 0) is 52.6 Å². The quantitative estimate of drug-likeness (QED) is 0.582. The van der Waals surface area contributed by atoms with E-state index in [0.29, 0.717) is 0 Å². The monoisotopic (exact) mass is 296 g/mol. The fourth-order valence-corrected chi connectivity index (χ4v) is 3.19. The predicted molar refractivity (Wildman–Crippen MR) is 92.9 cm³/mol. The van der Waals surface area contributed by atoms with Crippen LogP contribution in [0.5, 0.6) is 0 Å². The molecule has 0 radical (unpaired) electrons. The summed E-state index contributed by atoms with van der Waals surface area (Å²) in [7, 11) is 0. The standard InChI is InChI=1S/C20H21Cl/c1-13-11-17-16(9-10-19(21)18(17)12-13)14-5-7-15(8-6-14)20(2,3)4/h5-11H,12H2,1-4H3. The first kappa shape index (κ1) is 14.4. The molecule has 0 bridgehead atoms. The smallest absolute Gasteiger partial charge is 0.0447 e. The summed E-state index contributed by atoms with van der Waals surface area (Å²) < 4.78 is 0. The van der Waals surface area contributed by atoms with Gasteiger partial charge in [-0.1, -0.05) is 74.4 Å². The van der Waals surface area contributed by atoms with E-state index in [4.69, 9.17) is 11.6 Å². The van der Waals surface area contributed by atoms with E-state index in [1.807, 2.05) is 6.07 Å². The van der Waals surface area contributed by atoms with Crippen LogP contribution in [0.25, 0.3) is 17.2 Å². The lowest BCUT2D eigenvalue weighted by Crippen LogP contribution is -2.10. The van der Waals surface area contributed by atoms with E-state index in [2.05, 4.69) is 64.1 Å². The number of hydrogen-bond donors (Lipinski definition) is 0. The number of halogens is 1. The van der Waals surface area contributed by atoms with Crippen molar-refractivity contribution < 1.29 is 0 Å². The van der Waals surface area contributed by atoms with E-state index in [-0.39, 0.29) is 5.41 Å². The van der Waals surface area contributed by atoms with E-state index in [9.17, 15) is 0 Å². The van der Waals surface area contributed by atoms with Gasteiger partial charge < -0.3 is 0 Å². The van der Waals surface area contributed by atoms with Crippen LogP contribution < -0.4 is 0 Å². The highest BCUT2D eigenvalue weighted by Gasteiger charge is 2.18. The first-order valence-electron chi connectivity index (χ1n) is 7.46. The first-order valence-corrected chi connectivity index (χ1v) is 7.83. The molecule has 0 amide bonds. The second kappa shape index (κ2) is 5.03. The van der Waals surface area contributed by atoms with Gasteiger partial charge in [-0.3, -0.25) is 0 Å². The molecule has 0 spiro atoms. The van der Waals surface area contributed by atoms with Gasteiger partial charge in [0.2, 0.25) is 0 Å². The molecule has 0 saturated heterocycles. The predicted octanol–water partition coefficient (Wildman–Crippen LogP) is 6.26. The molecular formula is C20H21Cl. The zero-order valence-corrected chi connectivity index (χ0v) is 13.9. The van der Waals surface area contributed by atoms with Gasteiger partial charge in [0.1, 0.15) is 0 Å². The third-order valence-electron chi connectivity index (χ3n) is 4.21. The molecule has 3 rings (SSSR count). The molecule has 0 N–H and O–H groups in total. The summed E-state index contributed by atoms with van der Waals surface area (Å²) in [6.07, 6.45) is 3.25. The van der Waals surface area contributed by atoms with Crippen molar-refractivity contribution in [3.8, 4) is 11.1 Å². The highest BCUT2D eigenvalue weighted by Crippen LogP contribution is 2.38. The molecule has 0 saturated carbocycles. The van der Waals surface area contributed by atoms with E-state index < -0.39 is 0 Å². The van der Waals surface area contributed by atoms with Crippen LogP contribution in [0, 0.1) is 0 Å². The molecule has 0 unspecified atom stereocenters. The lowest BCUT2D eigenvalue weighted by Gasteiger charge is -2.19. The molecule has 0 fully saturated rings. The van der Waals surface area contributed by atoms with Crippen molar-refractivity contribution in [1.82, 2.24) is 0 Å². The first-order chi connectivity index (χ1) is 9.86. The molecule has 21 heavy (non-hydrogen) atoms. The van der Waals surface area contributed by atoms with Crippen molar-refractivity contribution >= 4 is 17.7 Å². The number of allylic oxidation sites excluding steroid dienone is 1. The fourth-order valence-electron chi connectivity index (χ4n) is 2.96. The van der Waals surface area contributed by atoms with Gasteiger partial charge in [-0.15, -0.1) is 0 Å². The summed E-state index contributed by atoms with van der Waals surface area (Å²) in [5, 5.41) is 0.883. The fraction of sp³-hybridized carbons (Fsp3) is 0.300. The summed E-state index contributed by atoms with van der Waals surface area (Å²) >= 11 is 6.35. The van der Waals surface area contributed by atoms with Crippen LogP contribution in [0.4, 0.5) is 0 Å². The van der Waals surface area contributed by atoms with E-state index in [1.165, 1.54) is 33.4 Å². The highest BCUT2D eigenvalue weighted by atomic mass is 35.5. The molecule has 1 heteroatoms. The Bertz CT molecular complexity index is 713. The molecule has 1 aliphatic rings. The summed E-state index contributed by atoms with van der Waals surface area (Å²) in [5.74, 6) is 0. The van der Waals surface area contributed by atoms with Crippen molar-refractivity contribution in [2.24, 2.45) is 0 Å². The summed E-state index contributed by atoms with van der Waals surface area (Å²) in [5.41, 5.74) is 8.05. The Morgan fingerprint density at radius 1 is 0.952 bits per heavy atom. The lowest BCUT2D eigenvalue weighted by atomic mass is 9.86. The summed E-state index contributed by atoms with van der Waals surface area (Å²) in [6, 6.07) is 13.1. The van der Waals surface area contributed by atoms with Gasteiger partial charge in [0, 0.05) is 5.02 Å². The number of rotatable bonds is 1. The van der Waals surface area contributed by atoms with Crippen molar-refractivity contribution in [2.45, 2.75) is 39.5 Å². The summed E-state index contributed by atoms with van der Waals surface area (Å²) in [6.45, 7) is 8.90. The van der Waals surface area contributed by atoms with Gasteiger partial charge in [0.05, 0.1) is 0 Å². The minimum Gasteiger partial charge on any atom is -0.0840 e. The minimum atomic E-state index is 0.191. The third-order valence-corrected chi connectivity index (χ3v) is 4.56. The molecule has 0 heterocycles.